The Morgan fingerprint density at radius 2 is 2.00 bits per heavy atom. The minimum atomic E-state index is -0.661. The van der Waals surface area contributed by atoms with Gasteiger partial charge in [0.1, 0.15) is 6.61 Å². The lowest BCUT2D eigenvalue weighted by Gasteiger charge is -2.28. The molecule has 0 fully saturated rings. The predicted molar refractivity (Wildman–Crippen MR) is 90.6 cm³/mol. The molecule has 0 saturated carbocycles. The summed E-state index contributed by atoms with van der Waals surface area (Å²) in [5, 5.41) is 5.78. The van der Waals surface area contributed by atoms with Crippen LogP contribution in [0.3, 0.4) is 0 Å². The van der Waals surface area contributed by atoms with Gasteiger partial charge >= 0.3 is 12.0 Å². The van der Waals surface area contributed by atoms with Crippen LogP contribution in [0.15, 0.2) is 35.5 Å². The fraction of sp³-hybridized carbons (Fsp3) is 0.412. The first kappa shape index (κ1) is 18.3. The van der Waals surface area contributed by atoms with E-state index in [0.29, 0.717) is 28.5 Å². The van der Waals surface area contributed by atoms with Crippen molar-refractivity contribution >= 4 is 23.6 Å². The molecule has 1 aromatic rings. The molecule has 24 heavy (non-hydrogen) atoms. The number of amides is 2. The number of nitrogens with one attached hydrogen (secondary N) is 2. The first-order valence-corrected chi connectivity index (χ1v) is 8.09. The number of ether oxygens (including phenoxy) is 2. The van der Waals surface area contributed by atoms with Crippen molar-refractivity contribution in [1.29, 1.82) is 0 Å². The summed E-state index contributed by atoms with van der Waals surface area (Å²) in [7, 11) is 0. The minimum absolute atomic E-state index is 0.0659. The summed E-state index contributed by atoms with van der Waals surface area (Å²) in [5.41, 5.74) is 1.41. The van der Waals surface area contributed by atoms with E-state index in [2.05, 4.69) is 10.6 Å². The number of esters is 1. The molecule has 2 rings (SSSR count). The van der Waals surface area contributed by atoms with Gasteiger partial charge in [-0.1, -0.05) is 29.8 Å². The fourth-order valence-corrected chi connectivity index (χ4v) is 2.65. The maximum atomic E-state index is 12.5. The second kappa shape index (κ2) is 8.17. The molecule has 2 amide bonds. The van der Waals surface area contributed by atoms with Gasteiger partial charge in [0.2, 0.25) is 0 Å². The lowest BCUT2D eigenvalue weighted by molar-refractivity contribution is -0.141. The average Bonchev–Trinajstić information content (AvgIpc) is 2.51. The van der Waals surface area contributed by atoms with Gasteiger partial charge in [-0.2, -0.15) is 0 Å². The summed E-state index contributed by atoms with van der Waals surface area (Å²) in [5.74, 6) is -0.516. The van der Waals surface area contributed by atoms with Crippen LogP contribution >= 0.6 is 11.6 Å². The Kier molecular flexibility index (Phi) is 6.23. The van der Waals surface area contributed by atoms with Crippen LogP contribution in [-0.4, -0.2) is 31.3 Å². The molecule has 0 unspecified atom stereocenters. The second-order valence-electron chi connectivity index (χ2n) is 5.65. The van der Waals surface area contributed by atoms with Crippen molar-refractivity contribution in [3.63, 3.8) is 0 Å². The van der Waals surface area contributed by atoms with Crippen LogP contribution < -0.4 is 10.6 Å². The molecule has 1 aromatic carbocycles. The number of carbonyl (C=O) groups excluding carboxylic acids is 2. The monoisotopic (exact) mass is 352 g/mol. The normalized spacial score (nSPS) is 17.5. The summed E-state index contributed by atoms with van der Waals surface area (Å²) in [4.78, 5) is 24.3. The van der Waals surface area contributed by atoms with Gasteiger partial charge in [0, 0.05) is 10.7 Å². The van der Waals surface area contributed by atoms with Crippen LogP contribution in [0.5, 0.6) is 0 Å². The molecular formula is C17H21ClN2O4. The standard InChI is InChI=1S/C17H21ClN2O4/c1-10(2)23-8-9-24-16(21)14-11(3)19-17(22)20-15(14)12-6-4-5-7-13(12)18/h4-7,10,15H,8-9H2,1-3H3,(H2,19,20,22)/t15-/m0/s1. The number of benzene rings is 1. The van der Waals surface area contributed by atoms with Crippen molar-refractivity contribution in [3.05, 3.63) is 46.1 Å². The van der Waals surface area contributed by atoms with Crippen LogP contribution in [0.2, 0.25) is 5.02 Å². The summed E-state index contributed by atoms with van der Waals surface area (Å²) in [6.07, 6.45) is 0.0659. The second-order valence-corrected chi connectivity index (χ2v) is 6.05. The van der Waals surface area contributed by atoms with Crippen molar-refractivity contribution in [3.8, 4) is 0 Å². The Morgan fingerprint density at radius 1 is 1.29 bits per heavy atom. The molecule has 0 radical (unpaired) electrons. The van der Waals surface area contributed by atoms with E-state index in [1.807, 2.05) is 13.8 Å². The van der Waals surface area contributed by atoms with Gasteiger partial charge in [-0.3, -0.25) is 0 Å². The SMILES string of the molecule is CC1=C(C(=O)OCCOC(C)C)[C@H](c2ccccc2Cl)NC(=O)N1. The zero-order chi connectivity index (χ0) is 17.7. The maximum Gasteiger partial charge on any atom is 0.338 e. The Hall–Kier alpha value is -2.05. The van der Waals surface area contributed by atoms with E-state index in [-0.39, 0.29) is 12.7 Å². The van der Waals surface area contributed by atoms with E-state index in [1.54, 1.807) is 31.2 Å². The molecule has 2 N–H and O–H groups in total. The molecular weight excluding hydrogens is 332 g/mol. The number of allylic oxidation sites excluding steroid dienone is 1. The lowest BCUT2D eigenvalue weighted by Crippen LogP contribution is -2.45. The van der Waals surface area contributed by atoms with Crippen molar-refractivity contribution in [1.82, 2.24) is 10.6 Å². The molecule has 1 aliphatic rings. The van der Waals surface area contributed by atoms with Crippen molar-refractivity contribution in [2.24, 2.45) is 0 Å². The van der Waals surface area contributed by atoms with Crippen LogP contribution in [0, 0.1) is 0 Å². The zero-order valence-electron chi connectivity index (χ0n) is 13.9. The zero-order valence-corrected chi connectivity index (χ0v) is 14.6. The molecule has 130 valence electrons. The lowest BCUT2D eigenvalue weighted by atomic mass is 9.95. The molecule has 7 heteroatoms. The predicted octanol–water partition coefficient (Wildman–Crippen LogP) is 2.94. The topological polar surface area (TPSA) is 76.7 Å². The maximum absolute atomic E-state index is 12.5. The van der Waals surface area contributed by atoms with Gasteiger partial charge in [0.25, 0.3) is 0 Å². The van der Waals surface area contributed by atoms with Crippen LogP contribution in [0.1, 0.15) is 32.4 Å². The van der Waals surface area contributed by atoms with E-state index in [9.17, 15) is 9.59 Å². The molecule has 6 nitrogen and oxygen atoms in total. The smallest absolute Gasteiger partial charge is 0.338 e. The quantitative estimate of drug-likeness (QED) is 0.609. The Morgan fingerprint density at radius 3 is 2.67 bits per heavy atom. The minimum Gasteiger partial charge on any atom is -0.460 e. The van der Waals surface area contributed by atoms with Gasteiger partial charge in [-0.25, -0.2) is 9.59 Å². The van der Waals surface area contributed by atoms with Crippen molar-refractivity contribution in [2.75, 3.05) is 13.2 Å². The van der Waals surface area contributed by atoms with Gasteiger partial charge in [-0.15, -0.1) is 0 Å². The van der Waals surface area contributed by atoms with E-state index >= 15 is 0 Å². The van der Waals surface area contributed by atoms with Crippen LogP contribution in [-0.2, 0) is 14.3 Å². The molecule has 0 bridgehead atoms. The fourth-order valence-electron chi connectivity index (χ4n) is 2.40. The highest BCUT2D eigenvalue weighted by Crippen LogP contribution is 2.31. The van der Waals surface area contributed by atoms with Gasteiger partial charge in [-0.05, 0) is 32.4 Å². The summed E-state index contributed by atoms with van der Waals surface area (Å²) >= 11 is 6.22. The van der Waals surface area contributed by atoms with E-state index < -0.39 is 18.0 Å². The molecule has 1 atom stereocenters. The van der Waals surface area contributed by atoms with Crippen molar-refractivity contribution < 1.29 is 19.1 Å². The molecule has 1 aliphatic heterocycles. The first-order valence-electron chi connectivity index (χ1n) is 7.71. The summed E-state index contributed by atoms with van der Waals surface area (Å²) in [6.45, 7) is 5.91. The number of carbonyl (C=O) groups is 2. The molecule has 0 spiro atoms. The Balaban J connectivity index is 2.19. The van der Waals surface area contributed by atoms with Gasteiger partial charge in [0.05, 0.1) is 24.3 Å². The van der Waals surface area contributed by atoms with Crippen LogP contribution in [0.4, 0.5) is 4.79 Å². The number of hydrogen-bond donors (Lipinski definition) is 2. The van der Waals surface area contributed by atoms with Gasteiger partial charge < -0.3 is 20.1 Å². The Bertz CT molecular complexity index is 658. The third-order valence-electron chi connectivity index (χ3n) is 3.47. The van der Waals surface area contributed by atoms with E-state index in [0.717, 1.165) is 0 Å². The molecule has 0 aromatic heterocycles. The highest BCUT2D eigenvalue weighted by Gasteiger charge is 2.33. The highest BCUT2D eigenvalue weighted by atomic mass is 35.5. The average molecular weight is 353 g/mol. The summed E-state index contributed by atoms with van der Waals surface area (Å²) < 4.78 is 10.6. The van der Waals surface area contributed by atoms with Crippen molar-refractivity contribution in [2.45, 2.75) is 32.9 Å². The molecule has 0 saturated heterocycles. The van der Waals surface area contributed by atoms with E-state index in [4.69, 9.17) is 21.1 Å². The molecule has 0 aliphatic carbocycles. The summed E-state index contributed by atoms with van der Waals surface area (Å²) in [6, 6.07) is 6.00. The number of hydrogen-bond acceptors (Lipinski definition) is 4. The molecule has 1 heterocycles. The number of rotatable bonds is 6. The number of urea groups is 1. The third-order valence-corrected chi connectivity index (χ3v) is 3.82. The largest absolute Gasteiger partial charge is 0.460 e. The Labute approximate surface area is 146 Å². The third kappa shape index (κ3) is 4.49. The van der Waals surface area contributed by atoms with Gasteiger partial charge in [0.15, 0.2) is 0 Å². The number of halogens is 1. The first-order chi connectivity index (χ1) is 11.4. The highest BCUT2D eigenvalue weighted by molar-refractivity contribution is 6.31. The van der Waals surface area contributed by atoms with Crippen LogP contribution in [0.25, 0.3) is 0 Å². The van der Waals surface area contributed by atoms with E-state index in [1.165, 1.54) is 0 Å².